The standard InChI is InChI=1S/C27H43N3O5/c1-11-14-30(24(33)20(15-17(2)3)28-25(34)35-27(8,9)10)22(23(32)29-26(5,6)7)19-12-13-21(31)18(4)16-19/h11-13,16-17,20,22,31H,1,14-15H2,2-10H3,(H,28,34)(H,29,32). The smallest absolute Gasteiger partial charge is 0.408 e. The zero-order valence-electron chi connectivity index (χ0n) is 22.7. The molecule has 0 radical (unpaired) electrons. The predicted octanol–water partition coefficient (Wildman–Crippen LogP) is 4.61. The van der Waals surface area contributed by atoms with Crippen molar-refractivity contribution in [2.75, 3.05) is 6.54 Å². The van der Waals surface area contributed by atoms with Crippen LogP contribution < -0.4 is 10.6 Å². The number of aromatic hydroxyl groups is 1. The van der Waals surface area contributed by atoms with Gasteiger partial charge < -0.3 is 25.4 Å². The number of rotatable bonds is 9. The third-order valence-electron chi connectivity index (χ3n) is 4.90. The fraction of sp³-hybridized carbons (Fsp3) is 0.593. The van der Waals surface area contributed by atoms with Crippen molar-refractivity contribution >= 4 is 17.9 Å². The molecule has 2 unspecified atom stereocenters. The molecule has 3 N–H and O–H groups in total. The van der Waals surface area contributed by atoms with Gasteiger partial charge in [0.2, 0.25) is 11.8 Å². The summed E-state index contributed by atoms with van der Waals surface area (Å²) >= 11 is 0. The zero-order chi connectivity index (χ0) is 27.1. The molecule has 8 nitrogen and oxygen atoms in total. The summed E-state index contributed by atoms with van der Waals surface area (Å²) in [5, 5.41) is 15.7. The normalized spacial score (nSPS) is 13.5. The van der Waals surface area contributed by atoms with Crippen LogP contribution in [0.5, 0.6) is 5.75 Å². The van der Waals surface area contributed by atoms with Gasteiger partial charge in [0, 0.05) is 12.1 Å². The summed E-state index contributed by atoms with van der Waals surface area (Å²) in [5.41, 5.74) is -0.156. The fourth-order valence-electron chi connectivity index (χ4n) is 3.56. The predicted molar refractivity (Wildman–Crippen MR) is 138 cm³/mol. The molecule has 0 aliphatic rings. The van der Waals surface area contributed by atoms with Crippen molar-refractivity contribution in [1.82, 2.24) is 15.5 Å². The number of hydrogen-bond acceptors (Lipinski definition) is 5. The highest BCUT2D eigenvalue weighted by Gasteiger charge is 2.37. The molecular weight excluding hydrogens is 446 g/mol. The van der Waals surface area contributed by atoms with E-state index in [1.54, 1.807) is 45.9 Å². The topological polar surface area (TPSA) is 108 Å². The van der Waals surface area contributed by atoms with E-state index >= 15 is 0 Å². The Morgan fingerprint density at radius 1 is 1.14 bits per heavy atom. The number of phenols is 1. The van der Waals surface area contributed by atoms with Gasteiger partial charge in [0.05, 0.1) is 0 Å². The van der Waals surface area contributed by atoms with E-state index in [1.165, 1.54) is 11.0 Å². The number of nitrogens with one attached hydrogen (secondary N) is 2. The monoisotopic (exact) mass is 489 g/mol. The average molecular weight is 490 g/mol. The Hall–Kier alpha value is -3.03. The van der Waals surface area contributed by atoms with E-state index in [0.29, 0.717) is 17.5 Å². The Balaban J connectivity index is 3.52. The maximum absolute atomic E-state index is 13.9. The molecule has 1 rings (SSSR count). The van der Waals surface area contributed by atoms with Gasteiger partial charge in [-0.25, -0.2) is 4.79 Å². The molecule has 0 bridgehead atoms. The Bertz CT molecular complexity index is 912. The van der Waals surface area contributed by atoms with Gasteiger partial charge in [-0.1, -0.05) is 26.0 Å². The largest absolute Gasteiger partial charge is 0.508 e. The number of ether oxygens (including phenoxy) is 1. The molecule has 8 heteroatoms. The van der Waals surface area contributed by atoms with Gasteiger partial charge in [-0.05, 0) is 84.1 Å². The van der Waals surface area contributed by atoms with Crippen LogP contribution in [0.1, 0.15) is 79.0 Å². The summed E-state index contributed by atoms with van der Waals surface area (Å²) < 4.78 is 5.38. The molecule has 1 aromatic rings. The summed E-state index contributed by atoms with van der Waals surface area (Å²) in [5.74, 6) is -0.626. The van der Waals surface area contributed by atoms with Crippen LogP contribution in [-0.2, 0) is 14.3 Å². The third-order valence-corrected chi connectivity index (χ3v) is 4.90. The molecule has 0 aliphatic heterocycles. The molecule has 0 aromatic heterocycles. The highest BCUT2D eigenvalue weighted by atomic mass is 16.6. The van der Waals surface area contributed by atoms with Crippen molar-refractivity contribution < 1.29 is 24.2 Å². The summed E-state index contributed by atoms with van der Waals surface area (Å²) in [6.45, 7) is 20.3. The van der Waals surface area contributed by atoms with Gasteiger partial charge in [-0.15, -0.1) is 6.58 Å². The quantitative estimate of drug-likeness (QED) is 0.439. The van der Waals surface area contributed by atoms with E-state index in [9.17, 15) is 19.5 Å². The van der Waals surface area contributed by atoms with Crippen molar-refractivity contribution in [2.45, 2.75) is 92.0 Å². The van der Waals surface area contributed by atoms with Gasteiger partial charge in [0.1, 0.15) is 23.4 Å². The minimum Gasteiger partial charge on any atom is -0.508 e. The molecule has 2 atom stereocenters. The van der Waals surface area contributed by atoms with Gasteiger partial charge in [-0.2, -0.15) is 0 Å². The van der Waals surface area contributed by atoms with Crippen LogP contribution in [0.25, 0.3) is 0 Å². The highest BCUT2D eigenvalue weighted by molar-refractivity contribution is 5.92. The first kappa shape index (κ1) is 30.0. The SMILES string of the molecule is C=CCN(C(=O)C(CC(C)C)NC(=O)OC(C)(C)C)C(C(=O)NC(C)(C)C)c1ccc(O)c(C)c1. The molecule has 0 spiro atoms. The number of carbonyl (C=O) groups excluding carboxylic acids is 3. The van der Waals surface area contributed by atoms with Crippen molar-refractivity contribution in [2.24, 2.45) is 5.92 Å². The molecule has 0 heterocycles. The Morgan fingerprint density at radius 2 is 1.74 bits per heavy atom. The molecule has 0 saturated carbocycles. The van der Waals surface area contributed by atoms with Crippen LogP contribution in [0.4, 0.5) is 4.79 Å². The minimum absolute atomic E-state index is 0.0750. The van der Waals surface area contributed by atoms with Crippen LogP contribution in [0, 0.1) is 12.8 Å². The van der Waals surface area contributed by atoms with Crippen LogP contribution in [0.3, 0.4) is 0 Å². The van der Waals surface area contributed by atoms with E-state index in [2.05, 4.69) is 17.2 Å². The second-order valence-corrected chi connectivity index (χ2v) is 11.3. The maximum Gasteiger partial charge on any atom is 0.408 e. The van der Waals surface area contributed by atoms with Crippen molar-refractivity contribution in [3.05, 3.63) is 42.0 Å². The summed E-state index contributed by atoms with van der Waals surface area (Å²) in [6, 6.07) is 2.90. The lowest BCUT2D eigenvalue weighted by molar-refractivity contribution is -0.142. The van der Waals surface area contributed by atoms with E-state index < -0.39 is 35.2 Å². The lowest BCUT2D eigenvalue weighted by Gasteiger charge is -2.36. The minimum atomic E-state index is -1.01. The van der Waals surface area contributed by atoms with E-state index in [-0.39, 0.29) is 24.1 Å². The van der Waals surface area contributed by atoms with Crippen LogP contribution in [0.2, 0.25) is 0 Å². The number of phenolic OH excluding ortho intramolecular Hbond substituents is 1. The fourth-order valence-corrected chi connectivity index (χ4v) is 3.56. The first-order valence-corrected chi connectivity index (χ1v) is 12.0. The molecule has 0 fully saturated rings. The molecule has 35 heavy (non-hydrogen) atoms. The van der Waals surface area contributed by atoms with Crippen LogP contribution in [0.15, 0.2) is 30.9 Å². The number of benzene rings is 1. The number of aryl methyl sites for hydroxylation is 1. The average Bonchev–Trinajstić information content (AvgIpc) is 2.66. The van der Waals surface area contributed by atoms with Gasteiger partial charge in [0.25, 0.3) is 0 Å². The van der Waals surface area contributed by atoms with Crippen molar-refractivity contribution in [3.63, 3.8) is 0 Å². The number of alkyl carbamates (subject to hydrolysis) is 1. The molecule has 0 saturated heterocycles. The van der Waals surface area contributed by atoms with E-state index in [0.717, 1.165) is 0 Å². The Morgan fingerprint density at radius 3 is 2.20 bits per heavy atom. The van der Waals surface area contributed by atoms with Crippen LogP contribution >= 0.6 is 0 Å². The zero-order valence-corrected chi connectivity index (χ0v) is 22.7. The summed E-state index contributed by atoms with van der Waals surface area (Å²) in [6.07, 6.45) is 1.20. The molecular formula is C27H43N3O5. The van der Waals surface area contributed by atoms with Crippen molar-refractivity contribution in [3.8, 4) is 5.75 Å². The lowest BCUT2D eigenvalue weighted by Crippen LogP contribution is -2.55. The summed E-state index contributed by atoms with van der Waals surface area (Å²) in [4.78, 5) is 41.4. The number of hydrogen-bond donors (Lipinski definition) is 3. The highest BCUT2D eigenvalue weighted by Crippen LogP contribution is 2.28. The Kier molecular flexibility index (Phi) is 10.4. The Labute approximate surface area is 210 Å². The first-order valence-electron chi connectivity index (χ1n) is 12.0. The van der Waals surface area contributed by atoms with Gasteiger partial charge in [0.15, 0.2) is 0 Å². The second kappa shape index (κ2) is 12.1. The van der Waals surface area contributed by atoms with Gasteiger partial charge in [-0.3, -0.25) is 9.59 Å². The third kappa shape index (κ3) is 10.0. The van der Waals surface area contributed by atoms with Crippen LogP contribution in [-0.4, -0.2) is 51.6 Å². The number of amides is 3. The summed E-state index contributed by atoms with van der Waals surface area (Å²) in [7, 11) is 0. The van der Waals surface area contributed by atoms with E-state index in [1.807, 2.05) is 34.6 Å². The molecule has 196 valence electrons. The first-order chi connectivity index (χ1) is 15.9. The molecule has 1 aromatic carbocycles. The second-order valence-electron chi connectivity index (χ2n) is 11.3. The lowest BCUT2D eigenvalue weighted by atomic mass is 9.97. The number of nitrogens with zero attached hydrogens (tertiary/aromatic N) is 1. The number of carbonyl (C=O) groups is 3. The molecule has 3 amide bonds. The maximum atomic E-state index is 13.9. The van der Waals surface area contributed by atoms with Gasteiger partial charge >= 0.3 is 6.09 Å². The van der Waals surface area contributed by atoms with Crippen molar-refractivity contribution in [1.29, 1.82) is 0 Å². The van der Waals surface area contributed by atoms with E-state index in [4.69, 9.17) is 4.74 Å². The molecule has 0 aliphatic carbocycles.